The van der Waals surface area contributed by atoms with Gasteiger partial charge in [0.25, 0.3) is 0 Å². The topological polar surface area (TPSA) is 66.4 Å². The molecule has 0 aromatic heterocycles. The third-order valence-electron chi connectivity index (χ3n) is 3.59. The van der Waals surface area contributed by atoms with E-state index in [4.69, 9.17) is 5.11 Å². The number of halogens is 1. The number of carboxylic acids is 1. The molecule has 1 fully saturated rings. The lowest BCUT2D eigenvalue weighted by atomic mass is 9.94. The predicted molar refractivity (Wildman–Crippen MR) is 79.4 cm³/mol. The van der Waals surface area contributed by atoms with Crippen LogP contribution >= 0.6 is 15.9 Å². The normalized spacial score (nSPS) is 17.1. The third-order valence-corrected chi connectivity index (χ3v) is 4.12. The van der Waals surface area contributed by atoms with E-state index < -0.39 is 17.4 Å². The highest BCUT2D eigenvalue weighted by atomic mass is 79.9. The number of carboxylic acid groups (broad SMARTS) is 1. The zero-order chi connectivity index (χ0) is 14.8. The summed E-state index contributed by atoms with van der Waals surface area (Å²) in [7, 11) is 0. The lowest BCUT2D eigenvalue weighted by Crippen LogP contribution is -2.45. The Labute approximate surface area is 126 Å². The van der Waals surface area contributed by atoms with Gasteiger partial charge in [0.05, 0.1) is 5.41 Å². The van der Waals surface area contributed by atoms with Gasteiger partial charge in [-0.1, -0.05) is 34.1 Å². The summed E-state index contributed by atoms with van der Waals surface area (Å²) < 4.78 is 0.951. The molecule has 5 heteroatoms. The highest BCUT2D eigenvalue weighted by Crippen LogP contribution is 2.48. The Morgan fingerprint density at radius 1 is 1.40 bits per heavy atom. The Morgan fingerprint density at radius 2 is 2.00 bits per heavy atom. The SMILES string of the molecule is C=CCC(NC(=O)C1(c2ccc(Br)cc2)CC1)C(=O)O. The van der Waals surface area contributed by atoms with Crippen molar-refractivity contribution in [2.24, 2.45) is 0 Å². The van der Waals surface area contributed by atoms with Crippen LogP contribution in [-0.4, -0.2) is 23.0 Å². The van der Waals surface area contributed by atoms with Crippen LogP contribution in [0.4, 0.5) is 0 Å². The molecular weight excluding hydrogens is 322 g/mol. The number of aliphatic carboxylic acids is 1. The minimum absolute atomic E-state index is 0.214. The van der Waals surface area contributed by atoms with Gasteiger partial charge in [-0.2, -0.15) is 0 Å². The van der Waals surface area contributed by atoms with Gasteiger partial charge >= 0.3 is 5.97 Å². The van der Waals surface area contributed by atoms with Gasteiger partial charge in [-0.05, 0) is 37.0 Å². The van der Waals surface area contributed by atoms with Crippen LogP contribution in [0.15, 0.2) is 41.4 Å². The van der Waals surface area contributed by atoms with Crippen molar-refractivity contribution in [1.82, 2.24) is 5.32 Å². The summed E-state index contributed by atoms with van der Waals surface area (Å²) in [6.45, 7) is 3.52. The minimum Gasteiger partial charge on any atom is -0.480 e. The summed E-state index contributed by atoms with van der Waals surface area (Å²) in [5, 5.41) is 11.7. The van der Waals surface area contributed by atoms with Crippen LogP contribution in [0.3, 0.4) is 0 Å². The molecule has 2 N–H and O–H groups in total. The van der Waals surface area contributed by atoms with Gasteiger partial charge in [-0.3, -0.25) is 4.79 Å². The molecule has 1 aromatic carbocycles. The minimum atomic E-state index is -1.04. The van der Waals surface area contributed by atoms with Crippen molar-refractivity contribution in [2.45, 2.75) is 30.7 Å². The molecule has 2 rings (SSSR count). The van der Waals surface area contributed by atoms with Crippen LogP contribution in [-0.2, 0) is 15.0 Å². The summed E-state index contributed by atoms with van der Waals surface area (Å²) in [6, 6.07) is 6.68. The molecule has 1 amide bonds. The largest absolute Gasteiger partial charge is 0.480 e. The van der Waals surface area contributed by atoms with E-state index in [0.29, 0.717) is 0 Å². The van der Waals surface area contributed by atoms with E-state index in [9.17, 15) is 9.59 Å². The molecule has 0 heterocycles. The molecule has 106 valence electrons. The number of carbonyl (C=O) groups excluding carboxylic acids is 1. The smallest absolute Gasteiger partial charge is 0.326 e. The van der Waals surface area contributed by atoms with Gasteiger partial charge in [-0.25, -0.2) is 4.79 Å². The molecule has 1 aromatic rings. The van der Waals surface area contributed by atoms with Crippen molar-refractivity contribution in [3.63, 3.8) is 0 Å². The number of hydrogen-bond donors (Lipinski definition) is 2. The Morgan fingerprint density at radius 3 is 2.45 bits per heavy atom. The first-order valence-corrected chi connectivity index (χ1v) is 7.19. The predicted octanol–water partition coefficient (Wildman–Crippen LogP) is 2.63. The third kappa shape index (κ3) is 2.93. The van der Waals surface area contributed by atoms with Crippen LogP contribution in [0.5, 0.6) is 0 Å². The van der Waals surface area contributed by atoms with Crippen molar-refractivity contribution >= 4 is 27.8 Å². The quantitative estimate of drug-likeness (QED) is 0.784. The second-order valence-electron chi connectivity index (χ2n) is 4.98. The number of carbonyl (C=O) groups is 2. The van der Waals surface area contributed by atoms with Crippen LogP contribution in [0.25, 0.3) is 0 Å². The lowest BCUT2D eigenvalue weighted by molar-refractivity contribution is -0.142. The van der Waals surface area contributed by atoms with Crippen LogP contribution in [0, 0.1) is 0 Å². The van der Waals surface area contributed by atoms with Crippen molar-refractivity contribution in [1.29, 1.82) is 0 Å². The summed E-state index contributed by atoms with van der Waals surface area (Å²) >= 11 is 3.36. The molecule has 1 aliphatic carbocycles. The van der Waals surface area contributed by atoms with Crippen LogP contribution in [0.1, 0.15) is 24.8 Å². The van der Waals surface area contributed by atoms with Gasteiger partial charge in [0, 0.05) is 4.47 Å². The zero-order valence-electron chi connectivity index (χ0n) is 10.9. The van der Waals surface area contributed by atoms with E-state index >= 15 is 0 Å². The van der Waals surface area contributed by atoms with E-state index in [1.54, 1.807) is 0 Å². The molecule has 0 aliphatic heterocycles. The van der Waals surface area contributed by atoms with Crippen molar-refractivity contribution < 1.29 is 14.7 Å². The molecule has 1 unspecified atom stereocenters. The van der Waals surface area contributed by atoms with E-state index in [2.05, 4.69) is 27.8 Å². The maximum atomic E-state index is 12.4. The number of amides is 1. The van der Waals surface area contributed by atoms with Gasteiger partial charge in [-0.15, -0.1) is 6.58 Å². The van der Waals surface area contributed by atoms with E-state index in [1.807, 2.05) is 24.3 Å². The van der Waals surface area contributed by atoms with Gasteiger partial charge < -0.3 is 10.4 Å². The first-order valence-electron chi connectivity index (χ1n) is 6.40. The first-order chi connectivity index (χ1) is 9.49. The first kappa shape index (κ1) is 14.8. The number of hydrogen-bond acceptors (Lipinski definition) is 2. The molecule has 1 saturated carbocycles. The second kappa shape index (κ2) is 5.79. The van der Waals surface area contributed by atoms with Gasteiger partial charge in [0.1, 0.15) is 6.04 Å². The molecule has 0 saturated heterocycles. The van der Waals surface area contributed by atoms with E-state index in [0.717, 1.165) is 22.9 Å². The monoisotopic (exact) mass is 337 g/mol. The molecule has 0 spiro atoms. The highest BCUT2D eigenvalue weighted by molar-refractivity contribution is 9.10. The number of benzene rings is 1. The van der Waals surface area contributed by atoms with Crippen molar-refractivity contribution in [3.05, 3.63) is 47.0 Å². The standard InChI is InChI=1S/C15H16BrNO3/c1-2-3-12(13(18)19)17-14(20)15(8-9-15)10-4-6-11(16)7-5-10/h2,4-7,12H,1,3,8-9H2,(H,17,20)(H,18,19). The Bertz CT molecular complexity index is 535. The lowest BCUT2D eigenvalue weighted by Gasteiger charge is -2.19. The zero-order valence-corrected chi connectivity index (χ0v) is 12.5. The summed E-state index contributed by atoms with van der Waals surface area (Å²) in [4.78, 5) is 23.5. The van der Waals surface area contributed by atoms with E-state index in [-0.39, 0.29) is 12.3 Å². The Hall–Kier alpha value is -1.62. The maximum absolute atomic E-state index is 12.4. The highest BCUT2D eigenvalue weighted by Gasteiger charge is 2.51. The average Bonchev–Trinajstić information content (AvgIpc) is 3.20. The fourth-order valence-electron chi connectivity index (χ4n) is 2.23. The maximum Gasteiger partial charge on any atom is 0.326 e. The fraction of sp³-hybridized carbons (Fsp3) is 0.333. The molecule has 0 bridgehead atoms. The molecule has 20 heavy (non-hydrogen) atoms. The molecule has 4 nitrogen and oxygen atoms in total. The Kier molecular flexibility index (Phi) is 4.28. The molecule has 1 atom stereocenters. The summed E-state index contributed by atoms with van der Waals surface area (Å²) in [5.74, 6) is -1.25. The number of nitrogens with one attached hydrogen (secondary N) is 1. The van der Waals surface area contributed by atoms with Gasteiger partial charge in [0.2, 0.25) is 5.91 Å². The Balaban J connectivity index is 2.13. The van der Waals surface area contributed by atoms with Crippen LogP contribution < -0.4 is 5.32 Å². The van der Waals surface area contributed by atoms with Crippen molar-refractivity contribution in [2.75, 3.05) is 0 Å². The summed E-state index contributed by atoms with van der Waals surface area (Å²) in [6.07, 6.45) is 3.22. The molecule has 0 radical (unpaired) electrons. The summed E-state index contributed by atoms with van der Waals surface area (Å²) in [5.41, 5.74) is 0.371. The van der Waals surface area contributed by atoms with Crippen LogP contribution in [0.2, 0.25) is 0 Å². The molecule has 1 aliphatic rings. The number of rotatable bonds is 6. The molecular formula is C15H16BrNO3. The fourth-order valence-corrected chi connectivity index (χ4v) is 2.49. The van der Waals surface area contributed by atoms with E-state index in [1.165, 1.54) is 6.08 Å². The average molecular weight is 338 g/mol. The second-order valence-corrected chi connectivity index (χ2v) is 5.89. The van der Waals surface area contributed by atoms with Crippen molar-refractivity contribution in [3.8, 4) is 0 Å². The van der Waals surface area contributed by atoms with Gasteiger partial charge in [0.15, 0.2) is 0 Å².